The molecule has 0 aliphatic carbocycles. The lowest BCUT2D eigenvalue weighted by Crippen LogP contribution is -2.12. The summed E-state index contributed by atoms with van der Waals surface area (Å²) in [4.78, 5) is 19.8. The zero-order chi connectivity index (χ0) is 15.6. The number of H-pyrrole nitrogens is 1. The Hall–Kier alpha value is -2.66. The first-order valence-electron chi connectivity index (χ1n) is 7.49. The van der Waals surface area contributed by atoms with Crippen LogP contribution in [-0.2, 0) is 11.2 Å². The van der Waals surface area contributed by atoms with Crippen molar-refractivity contribution >= 4 is 44.1 Å². The predicted octanol–water partition coefficient (Wildman–Crippen LogP) is 4.35. The molecule has 5 heteroatoms. The van der Waals surface area contributed by atoms with Gasteiger partial charge in [0, 0.05) is 35.6 Å². The number of carbonyl (C=O) groups is 1. The molecule has 0 fully saturated rings. The van der Waals surface area contributed by atoms with E-state index in [0.29, 0.717) is 12.8 Å². The van der Waals surface area contributed by atoms with E-state index in [1.165, 1.54) is 4.70 Å². The van der Waals surface area contributed by atoms with Gasteiger partial charge >= 0.3 is 0 Å². The van der Waals surface area contributed by atoms with Gasteiger partial charge in [-0.05, 0) is 36.4 Å². The molecule has 2 N–H and O–H groups in total. The smallest absolute Gasteiger partial charge is 0.224 e. The van der Waals surface area contributed by atoms with Crippen molar-refractivity contribution in [3.8, 4) is 0 Å². The van der Waals surface area contributed by atoms with Gasteiger partial charge in [0.2, 0.25) is 5.91 Å². The van der Waals surface area contributed by atoms with E-state index >= 15 is 0 Å². The van der Waals surface area contributed by atoms with Gasteiger partial charge < -0.3 is 10.3 Å². The van der Waals surface area contributed by atoms with Crippen LogP contribution in [0.1, 0.15) is 11.4 Å². The molecule has 4 rings (SSSR count). The molecule has 4 nitrogen and oxygen atoms in total. The van der Waals surface area contributed by atoms with Crippen LogP contribution in [0.25, 0.3) is 21.1 Å². The molecule has 0 bridgehead atoms. The molecule has 2 aromatic carbocycles. The summed E-state index contributed by atoms with van der Waals surface area (Å²) in [5, 5.41) is 5.05. The summed E-state index contributed by atoms with van der Waals surface area (Å²) in [6, 6.07) is 15.9. The van der Waals surface area contributed by atoms with Crippen molar-refractivity contribution in [1.82, 2.24) is 9.97 Å². The van der Waals surface area contributed by atoms with Crippen molar-refractivity contribution in [3.63, 3.8) is 0 Å². The van der Waals surface area contributed by atoms with E-state index in [2.05, 4.69) is 21.4 Å². The number of para-hydroxylation sites is 1. The average Bonchev–Trinajstić information content (AvgIpc) is 3.18. The minimum atomic E-state index is 0.0131. The van der Waals surface area contributed by atoms with Gasteiger partial charge in [0.15, 0.2) is 0 Å². The lowest BCUT2D eigenvalue weighted by Gasteiger charge is -2.04. The molecule has 0 saturated carbocycles. The Balaban J connectivity index is 1.41. The van der Waals surface area contributed by atoms with Gasteiger partial charge in [-0.1, -0.05) is 12.1 Å². The molecular formula is C18H15N3OS. The lowest BCUT2D eigenvalue weighted by molar-refractivity contribution is -0.116. The first-order chi connectivity index (χ1) is 11.3. The van der Waals surface area contributed by atoms with Crippen LogP contribution in [0, 0.1) is 0 Å². The Morgan fingerprint density at radius 1 is 1.17 bits per heavy atom. The highest BCUT2D eigenvalue weighted by molar-refractivity contribution is 7.18. The molecule has 1 amide bonds. The van der Waals surface area contributed by atoms with Gasteiger partial charge in [-0.2, -0.15) is 0 Å². The summed E-state index contributed by atoms with van der Waals surface area (Å²) in [5.74, 6) is 0.0131. The average molecular weight is 321 g/mol. The van der Waals surface area contributed by atoms with Crippen LogP contribution in [0.2, 0.25) is 0 Å². The largest absolute Gasteiger partial charge is 0.361 e. The maximum Gasteiger partial charge on any atom is 0.224 e. The number of nitrogens with one attached hydrogen (secondary N) is 2. The number of aromatic nitrogens is 2. The Labute approximate surface area is 137 Å². The first kappa shape index (κ1) is 14.0. The monoisotopic (exact) mass is 321 g/mol. The van der Waals surface area contributed by atoms with Gasteiger partial charge in [0.05, 0.1) is 15.2 Å². The molecule has 2 heterocycles. The normalized spacial score (nSPS) is 11.1. The predicted molar refractivity (Wildman–Crippen MR) is 94.9 cm³/mol. The SMILES string of the molecule is O=C(CCc1nc2ccccc2s1)Nc1ccc2[nH]ccc2c1. The van der Waals surface area contributed by atoms with E-state index in [1.54, 1.807) is 11.3 Å². The number of nitrogens with zero attached hydrogens (tertiary/aromatic N) is 1. The number of anilines is 1. The maximum absolute atomic E-state index is 12.1. The van der Waals surface area contributed by atoms with Crippen molar-refractivity contribution in [2.24, 2.45) is 0 Å². The molecule has 0 aliphatic heterocycles. The van der Waals surface area contributed by atoms with E-state index in [4.69, 9.17) is 0 Å². The number of hydrogen-bond acceptors (Lipinski definition) is 3. The third kappa shape index (κ3) is 2.96. The minimum absolute atomic E-state index is 0.0131. The first-order valence-corrected chi connectivity index (χ1v) is 8.31. The van der Waals surface area contributed by atoms with E-state index in [-0.39, 0.29) is 5.91 Å². The lowest BCUT2D eigenvalue weighted by atomic mass is 10.2. The summed E-state index contributed by atoms with van der Waals surface area (Å²) in [7, 11) is 0. The van der Waals surface area contributed by atoms with Crippen molar-refractivity contribution in [2.75, 3.05) is 5.32 Å². The molecule has 0 unspecified atom stereocenters. The topological polar surface area (TPSA) is 57.8 Å². The molecular weight excluding hydrogens is 306 g/mol. The fraction of sp³-hybridized carbons (Fsp3) is 0.111. The number of fused-ring (bicyclic) bond motifs is 2. The minimum Gasteiger partial charge on any atom is -0.361 e. The van der Waals surface area contributed by atoms with E-state index in [0.717, 1.165) is 27.1 Å². The van der Waals surface area contributed by atoms with Crippen LogP contribution in [0.5, 0.6) is 0 Å². The number of aryl methyl sites for hydroxylation is 1. The highest BCUT2D eigenvalue weighted by atomic mass is 32.1. The van der Waals surface area contributed by atoms with E-state index < -0.39 is 0 Å². The summed E-state index contributed by atoms with van der Waals surface area (Å²) < 4.78 is 1.17. The second kappa shape index (κ2) is 5.85. The number of amides is 1. The third-order valence-corrected chi connectivity index (χ3v) is 4.84. The number of rotatable bonds is 4. The maximum atomic E-state index is 12.1. The molecule has 0 atom stereocenters. The quantitative estimate of drug-likeness (QED) is 0.587. The molecule has 4 aromatic rings. The molecule has 0 spiro atoms. The van der Waals surface area contributed by atoms with Crippen molar-refractivity contribution < 1.29 is 4.79 Å². The Kier molecular flexibility index (Phi) is 3.55. The van der Waals surface area contributed by atoms with Gasteiger partial charge in [-0.15, -0.1) is 11.3 Å². The molecule has 2 aromatic heterocycles. The summed E-state index contributed by atoms with van der Waals surface area (Å²) >= 11 is 1.65. The second-order valence-corrected chi connectivity index (χ2v) is 6.52. The molecule has 0 aliphatic rings. The van der Waals surface area contributed by atoms with Gasteiger partial charge in [0.25, 0.3) is 0 Å². The van der Waals surface area contributed by atoms with Gasteiger partial charge in [0.1, 0.15) is 0 Å². The number of thiazole rings is 1. The summed E-state index contributed by atoms with van der Waals surface area (Å²) in [6.07, 6.45) is 2.99. The fourth-order valence-corrected chi connectivity index (χ4v) is 3.57. The summed E-state index contributed by atoms with van der Waals surface area (Å²) in [5.41, 5.74) is 2.90. The number of carbonyl (C=O) groups excluding carboxylic acids is 1. The number of aromatic amines is 1. The fourth-order valence-electron chi connectivity index (χ4n) is 2.60. The number of benzene rings is 2. The van der Waals surface area contributed by atoms with Crippen LogP contribution in [-0.4, -0.2) is 15.9 Å². The zero-order valence-electron chi connectivity index (χ0n) is 12.4. The Bertz CT molecular complexity index is 953. The zero-order valence-corrected chi connectivity index (χ0v) is 13.2. The van der Waals surface area contributed by atoms with E-state index in [9.17, 15) is 4.79 Å². The van der Waals surface area contributed by atoms with Gasteiger partial charge in [-0.3, -0.25) is 4.79 Å². The van der Waals surface area contributed by atoms with Crippen LogP contribution in [0.15, 0.2) is 54.7 Å². The van der Waals surface area contributed by atoms with Crippen LogP contribution >= 0.6 is 11.3 Å². The van der Waals surface area contributed by atoms with Crippen LogP contribution in [0.3, 0.4) is 0 Å². The Morgan fingerprint density at radius 3 is 3.00 bits per heavy atom. The van der Waals surface area contributed by atoms with Crippen LogP contribution < -0.4 is 5.32 Å². The summed E-state index contributed by atoms with van der Waals surface area (Å²) in [6.45, 7) is 0. The highest BCUT2D eigenvalue weighted by Gasteiger charge is 2.08. The number of hydrogen-bond donors (Lipinski definition) is 2. The second-order valence-electron chi connectivity index (χ2n) is 5.40. The molecule has 0 saturated heterocycles. The van der Waals surface area contributed by atoms with Gasteiger partial charge in [-0.25, -0.2) is 4.98 Å². The molecule has 114 valence electrons. The molecule has 23 heavy (non-hydrogen) atoms. The van der Waals surface area contributed by atoms with Crippen LogP contribution in [0.4, 0.5) is 5.69 Å². The standard InChI is InChI=1S/C18H15N3OS/c22-17(20-13-5-6-14-12(11-13)9-10-19-14)7-8-18-21-15-3-1-2-4-16(15)23-18/h1-6,9-11,19H,7-8H2,(H,20,22). The van der Waals surface area contributed by atoms with Crippen molar-refractivity contribution in [2.45, 2.75) is 12.8 Å². The Morgan fingerprint density at radius 2 is 2.09 bits per heavy atom. The highest BCUT2D eigenvalue weighted by Crippen LogP contribution is 2.23. The third-order valence-electron chi connectivity index (χ3n) is 3.74. The van der Waals surface area contributed by atoms with Crippen molar-refractivity contribution in [3.05, 3.63) is 59.7 Å². The molecule has 0 radical (unpaired) electrons. The van der Waals surface area contributed by atoms with Crippen molar-refractivity contribution in [1.29, 1.82) is 0 Å². The van der Waals surface area contributed by atoms with E-state index in [1.807, 2.05) is 48.7 Å².